The van der Waals surface area contributed by atoms with Gasteiger partial charge in [0, 0.05) is 6.54 Å². The van der Waals surface area contributed by atoms with E-state index in [1.165, 1.54) is 0 Å². The van der Waals surface area contributed by atoms with Crippen LogP contribution in [0.3, 0.4) is 0 Å². The summed E-state index contributed by atoms with van der Waals surface area (Å²) in [6.45, 7) is 5.27. The molecule has 1 fully saturated rings. The maximum atomic E-state index is 13.2. The first-order valence-electron chi connectivity index (χ1n) is 11.5. The van der Waals surface area contributed by atoms with E-state index in [4.69, 9.17) is 18.9 Å². The molecule has 1 aliphatic carbocycles. The highest BCUT2D eigenvalue weighted by Crippen LogP contribution is 2.42. The molecule has 1 saturated carbocycles. The summed E-state index contributed by atoms with van der Waals surface area (Å²) < 4.78 is 22.3. The third-order valence-electron chi connectivity index (χ3n) is 6.59. The number of carbonyl (C=O) groups is 1. The number of ether oxygens (including phenoxy) is 4. The zero-order valence-corrected chi connectivity index (χ0v) is 18.5. The van der Waals surface area contributed by atoms with E-state index in [0.717, 1.165) is 66.4 Å². The zero-order valence-electron chi connectivity index (χ0n) is 18.5. The van der Waals surface area contributed by atoms with Gasteiger partial charge in [0.25, 0.3) is 0 Å². The van der Waals surface area contributed by atoms with Crippen LogP contribution in [0.5, 0.6) is 23.0 Å². The molecule has 2 aliphatic heterocycles. The maximum Gasteiger partial charge on any atom is 0.234 e. The number of benzene rings is 2. The molecule has 0 atom stereocenters. The molecular formula is C25H30N2O5. The monoisotopic (exact) mass is 438 g/mol. The average Bonchev–Trinajstić information content (AvgIpc) is 3.48. The highest BCUT2D eigenvalue weighted by Gasteiger charge is 2.38. The lowest BCUT2D eigenvalue weighted by Gasteiger charge is -2.33. The molecule has 0 radical (unpaired) electrons. The van der Waals surface area contributed by atoms with Gasteiger partial charge in [-0.05, 0) is 54.8 Å². The van der Waals surface area contributed by atoms with Gasteiger partial charge in [0.15, 0.2) is 23.0 Å². The van der Waals surface area contributed by atoms with Crippen molar-refractivity contribution in [3.8, 4) is 23.0 Å². The minimum atomic E-state index is -0.342. The molecule has 2 aromatic carbocycles. The third kappa shape index (κ3) is 4.21. The van der Waals surface area contributed by atoms with Crippen molar-refractivity contribution in [3.05, 3.63) is 47.5 Å². The van der Waals surface area contributed by atoms with Gasteiger partial charge in [-0.3, -0.25) is 9.69 Å². The molecule has 3 aliphatic rings. The van der Waals surface area contributed by atoms with E-state index < -0.39 is 0 Å². The largest absolute Gasteiger partial charge is 0.486 e. The number of carbonyl (C=O) groups excluding carboxylic acids is 1. The van der Waals surface area contributed by atoms with Gasteiger partial charge >= 0.3 is 0 Å². The summed E-state index contributed by atoms with van der Waals surface area (Å²) >= 11 is 0. The van der Waals surface area contributed by atoms with Crippen molar-refractivity contribution in [3.63, 3.8) is 0 Å². The molecule has 2 aromatic rings. The predicted octanol–water partition coefficient (Wildman–Crippen LogP) is 3.59. The van der Waals surface area contributed by atoms with E-state index in [9.17, 15) is 4.79 Å². The van der Waals surface area contributed by atoms with Crippen LogP contribution < -0.4 is 24.3 Å². The number of likely N-dealkylation sites (N-methyl/N-ethyl adjacent to an activating group) is 1. The van der Waals surface area contributed by atoms with Gasteiger partial charge in [-0.25, -0.2) is 0 Å². The Morgan fingerprint density at radius 3 is 2.44 bits per heavy atom. The molecule has 0 aromatic heterocycles. The lowest BCUT2D eigenvalue weighted by molar-refractivity contribution is -0.124. The summed E-state index contributed by atoms with van der Waals surface area (Å²) in [7, 11) is 0. The predicted molar refractivity (Wildman–Crippen MR) is 119 cm³/mol. The van der Waals surface area contributed by atoms with Gasteiger partial charge in [-0.15, -0.1) is 0 Å². The van der Waals surface area contributed by atoms with Crippen molar-refractivity contribution in [2.24, 2.45) is 0 Å². The molecule has 5 rings (SSSR count). The van der Waals surface area contributed by atoms with E-state index >= 15 is 0 Å². The number of hydrogen-bond acceptors (Lipinski definition) is 6. The van der Waals surface area contributed by atoms with Crippen LogP contribution in [-0.4, -0.2) is 43.9 Å². The summed E-state index contributed by atoms with van der Waals surface area (Å²) in [6, 6.07) is 12.0. The molecule has 7 nitrogen and oxygen atoms in total. The van der Waals surface area contributed by atoms with Crippen LogP contribution in [0.1, 0.15) is 43.7 Å². The van der Waals surface area contributed by atoms with Crippen LogP contribution >= 0.6 is 0 Å². The second-order valence-corrected chi connectivity index (χ2v) is 8.69. The SMILES string of the molecule is CCN(CC(=O)NC1(c2ccc3c(c2)OCCO3)CCCC1)Cc1ccc2c(c1)OCO2. The normalized spacial score (nSPS) is 18.1. The van der Waals surface area contributed by atoms with Gasteiger partial charge in [0.05, 0.1) is 12.1 Å². The highest BCUT2D eigenvalue weighted by molar-refractivity contribution is 5.79. The van der Waals surface area contributed by atoms with Crippen molar-refractivity contribution < 1.29 is 23.7 Å². The van der Waals surface area contributed by atoms with Crippen molar-refractivity contribution >= 4 is 5.91 Å². The molecular weight excluding hydrogens is 408 g/mol. The molecule has 1 N–H and O–H groups in total. The Morgan fingerprint density at radius 2 is 1.62 bits per heavy atom. The summed E-state index contributed by atoms with van der Waals surface area (Å²) in [5.41, 5.74) is 1.86. The number of rotatable bonds is 7. The summed E-state index contributed by atoms with van der Waals surface area (Å²) in [4.78, 5) is 15.3. The van der Waals surface area contributed by atoms with Gasteiger partial charge in [0.2, 0.25) is 12.7 Å². The molecule has 2 heterocycles. The van der Waals surface area contributed by atoms with Crippen molar-refractivity contribution in [1.82, 2.24) is 10.2 Å². The van der Waals surface area contributed by atoms with E-state index in [2.05, 4.69) is 23.2 Å². The van der Waals surface area contributed by atoms with Gasteiger partial charge in [-0.1, -0.05) is 31.9 Å². The Hall–Kier alpha value is -2.93. The molecule has 0 saturated heterocycles. The topological polar surface area (TPSA) is 69.3 Å². The van der Waals surface area contributed by atoms with Gasteiger partial charge in [-0.2, -0.15) is 0 Å². The number of amides is 1. The second kappa shape index (κ2) is 8.90. The first kappa shape index (κ1) is 20.9. The third-order valence-corrected chi connectivity index (χ3v) is 6.59. The Labute approximate surface area is 188 Å². The quantitative estimate of drug-likeness (QED) is 0.713. The first-order valence-corrected chi connectivity index (χ1v) is 11.5. The fraction of sp³-hybridized carbons (Fsp3) is 0.480. The Kier molecular flexibility index (Phi) is 5.83. The van der Waals surface area contributed by atoms with E-state index in [1.54, 1.807) is 0 Å². The molecule has 0 unspecified atom stereocenters. The lowest BCUT2D eigenvalue weighted by atomic mass is 9.87. The fourth-order valence-electron chi connectivity index (χ4n) is 4.89. The summed E-state index contributed by atoms with van der Waals surface area (Å²) in [5, 5.41) is 3.39. The minimum Gasteiger partial charge on any atom is -0.486 e. The smallest absolute Gasteiger partial charge is 0.234 e. The summed E-state index contributed by atoms with van der Waals surface area (Å²) in [5.74, 6) is 3.14. The average molecular weight is 439 g/mol. The van der Waals surface area contributed by atoms with Gasteiger partial charge in [0.1, 0.15) is 13.2 Å². The van der Waals surface area contributed by atoms with E-state index in [-0.39, 0.29) is 18.2 Å². The van der Waals surface area contributed by atoms with Crippen LogP contribution in [0.15, 0.2) is 36.4 Å². The molecule has 1 amide bonds. The van der Waals surface area contributed by atoms with Crippen LogP contribution in [-0.2, 0) is 16.9 Å². The first-order chi connectivity index (χ1) is 15.6. The molecule has 170 valence electrons. The van der Waals surface area contributed by atoms with Gasteiger partial charge < -0.3 is 24.3 Å². The van der Waals surface area contributed by atoms with Crippen LogP contribution in [0.25, 0.3) is 0 Å². The van der Waals surface area contributed by atoms with E-state index in [0.29, 0.717) is 26.3 Å². The molecule has 7 heteroatoms. The number of hydrogen-bond donors (Lipinski definition) is 1. The zero-order chi connectivity index (χ0) is 22.0. The highest BCUT2D eigenvalue weighted by atomic mass is 16.7. The van der Waals surface area contributed by atoms with Crippen molar-refractivity contribution in [2.75, 3.05) is 33.1 Å². The lowest BCUT2D eigenvalue weighted by Crippen LogP contribution is -2.47. The molecule has 0 spiro atoms. The Bertz CT molecular complexity index is 986. The van der Waals surface area contributed by atoms with E-state index in [1.807, 2.05) is 30.3 Å². The summed E-state index contributed by atoms with van der Waals surface area (Å²) in [6.07, 6.45) is 4.08. The second-order valence-electron chi connectivity index (χ2n) is 8.69. The number of fused-ring (bicyclic) bond motifs is 2. The number of nitrogens with one attached hydrogen (secondary N) is 1. The van der Waals surface area contributed by atoms with Crippen molar-refractivity contribution in [1.29, 1.82) is 0 Å². The Balaban J connectivity index is 1.27. The minimum absolute atomic E-state index is 0.0457. The van der Waals surface area contributed by atoms with Crippen LogP contribution in [0, 0.1) is 0 Å². The van der Waals surface area contributed by atoms with Crippen LogP contribution in [0.4, 0.5) is 0 Å². The Morgan fingerprint density at radius 1 is 0.938 bits per heavy atom. The fourth-order valence-corrected chi connectivity index (χ4v) is 4.89. The maximum absolute atomic E-state index is 13.2. The molecule has 0 bridgehead atoms. The standard InChI is InChI=1S/C25H30N2O5/c1-2-27(15-18-5-7-21-22(13-18)32-17-31-21)16-24(28)26-25(9-3-4-10-25)19-6-8-20-23(14-19)30-12-11-29-20/h5-8,13-14H,2-4,9-12,15-17H2,1H3,(H,26,28). The number of nitrogens with zero attached hydrogens (tertiary/aromatic N) is 1. The van der Waals surface area contributed by atoms with Crippen molar-refractivity contribution in [2.45, 2.75) is 44.7 Å². The molecule has 32 heavy (non-hydrogen) atoms. The van der Waals surface area contributed by atoms with Crippen LogP contribution in [0.2, 0.25) is 0 Å².